The first kappa shape index (κ1) is 15.0. The minimum Gasteiger partial charge on any atom is -0.348 e. The molecule has 0 aromatic heterocycles. The van der Waals surface area contributed by atoms with Crippen molar-refractivity contribution in [2.24, 2.45) is 11.8 Å². The molecular formula is C19H21FO3. The lowest BCUT2D eigenvalue weighted by molar-refractivity contribution is -0.196. The number of rotatable bonds is 1. The molecule has 0 N–H and O–H groups in total. The van der Waals surface area contributed by atoms with Gasteiger partial charge in [0.2, 0.25) is 0 Å². The Balaban J connectivity index is 1.53. The number of Topliss-reactive ketones (excluding diaryl/α,β-unsaturated/α-hetero) is 1. The van der Waals surface area contributed by atoms with E-state index in [1.165, 1.54) is 6.07 Å². The molecule has 23 heavy (non-hydrogen) atoms. The number of ether oxygens (including phenoxy) is 2. The molecule has 4 rings (SSSR count). The lowest BCUT2D eigenvalue weighted by Crippen LogP contribution is -2.44. The molecule has 2 unspecified atom stereocenters. The molecule has 1 spiro atoms. The Morgan fingerprint density at radius 3 is 2.74 bits per heavy atom. The quantitative estimate of drug-likeness (QED) is 0.741. The Morgan fingerprint density at radius 1 is 1.17 bits per heavy atom. The van der Waals surface area contributed by atoms with Crippen LogP contribution in [0.5, 0.6) is 0 Å². The highest BCUT2D eigenvalue weighted by Gasteiger charge is 2.48. The molecule has 3 fully saturated rings. The van der Waals surface area contributed by atoms with Crippen molar-refractivity contribution < 1.29 is 18.7 Å². The van der Waals surface area contributed by atoms with Crippen molar-refractivity contribution in [1.29, 1.82) is 0 Å². The largest absolute Gasteiger partial charge is 0.348 e. The van der Waals surface area contributed by atoms with Crippen LogP contribution in [0.4, 0.5) is 4.39 Å². The van der Waals surface area contributed by atoms with Crippen LogP contribution in [0.3, 0.4) is 0 Å². The van der Waals surface area contributed by atoms with E-state index in [-0.39, 0.29) is 17.5 Å². The third-order valence-corrected chi connectivity index (χ3v) is 5.46. The van der Waals surface area contributed by atoms with Gasteiger partial charge in [-0.05, 0) is 42.9 Å². The summed E-state index contributed by atoms with van der Waals surface area (Å²) in [4.78, 5) is 12.8. The minimum atomic E-state index is -0.436. The van der Waals surface area contributed by atoms with Gasteiger partial charge in [0, 0.05) is 24.3 Å². The minimum absolute atomic E-state index is 0.0419. The van der Waals surface area contributed by atoms with Gasteiger partial charge in [0.25, 0.3) is 0 Å². The first-order valence-corrected chi connectivity index (χ1v) is 8.44. The van der Waals surface area contributed by atoms with Crippen LogP contribution in [0, 0.1) is 17.7 Å². The van der Waals surface area contributed by atoms with Gasteiger partial charge in [-0.25, -0.2) is 4.39 Å². The second-order valence-corrected chi connectivity index (χ2v) is 6.81. The van der Waals surface area contributed by atoms with Gasteiger partial charge in [0.1, 0.15) is 5.82 Å². The van der Waals surface area contributed by atoms with Crippen molar-refractivity contribution in [3.05, 3.63) is 41.2 Å². The van der Waals surface area contributed by atoms with Gasteiger partial charge in [0.05, 0.1) is 13.2 Å². The normalized spacial score (nSPS) is 31.5. The molecule has 122 valence electrons. The van der Waals surface area contributed by atoms with Gasteiger partial charge in [-0.3, -0.25) is 4.79 Å². The second kappa shape index (κ2) is 5.84. The SMILES string of the molecule is O=C1/C(=C/c2ccccc2F)CCC2CC3(CCC12)OCCO3. The molecule has 0 radical (unpaired) electrons. The number of carbonyl (C=O) groups excluding carboxylic acids is 1. The molecule has 3 nitrogen and oxygen atoms in total. The predicted molar refractivity (Wildman–Crippen MR) is 84.1 cm³/mol. The Labute approximate surface area is 135 Å². The summed E-state index contributed by atoms with van der Waals surface area (Å²) in [6, 6.07) is 6.61. The first-order chi connectivity index (χ1) is 11.2. The van der Waals surface area contributed by atoms with E-state index in [9.17, 15) is 9.18 Å². The smallest absolute Gasteiger partial charge is 0.168 e. The summed E-state index contributed by atoms with van der Waals surface area (Å²) >= 11 is 0. The van der Waals surface area contributed by atoms with Gasteiger partial charge in [-0.1, -0.05) is 18.2 Å². The molecule has 2 saturated carbocycles. The zero-order valence-electron chi connectivity index (χ0n) is 13.1. The lowest BCUT2D eigenvalue weighted by Gasteiger charge is -2.43. The van der Waals surface area contributed by atoms with Crippen molar-refractivity contribution >= 4 is 11.9 Å². The fourth-order valence-corrected chi connectivity index (χ4v) is 4.29. The van der Waals surface area contributed by atoms with E-state index in [1.807, 2.05) is 0 Å². The standard InChI is InChI=1S/C19H21FO3/c20-17-4-2-1-3-13(17)11-14-5-6-15-12-19(22-9-10-23-19)8-7-16(15)18(14)21/h1-4,11,15-16H,5-10,12H2/b14-11+. The van der Waals surface area contributed by atoms with Crippen LogP contribution >= 0.6 is 0 Å². The summed E-state index contributed by atoms with van der Waals surface area (Å²) in [5, 5.41) is 0. The molecule has 2 aliphatic carbocycles. The number of hydrogen-bond donors (Lipinski definition) is 0. The zero-order valence-corrected chi connectivity index (χ0v) is 13.1. The molecule has 1 heterocycles. The lowest BCUT2D eigenvalue weighted by atomic mass is 9.66. The van der Waals surface area contributed by atoms with E-state index in [0.29, 0.717) is 31.1 Å². The average Bonchev–Trinajstić information content (AvgIpc) is 3.00. The topological polar surface area (TPSA) is 35.5 Å². The molecule has 0 bridgehead atoms. The van der Waals surface area contributed by atoms with Gasteiger partial charge in [-0.2, -0.15) is 0 Å². The van der Waals surface area contributed by atoms with Crippen LogP contribution in [0.15, 0.2) is 29.8 Å². The third-order valence-electron chi connectivity index (χ3n) is 5.46. The van der Waals surface area contributed by atoms with E-state index >= 15 is 0 Å². The van der Waals surface area contributed by atoms with Crippen LogP contribution in [0.1, 0.15) is 37.7 Å². The maximum atomic E-state index is 13.8. The number of allylic oxidation sites excluding steroid dienone is 1. The summed E-state index contributed by atoms with van der Waals surface area (Å²) in [5.74, 6) is -0.149. The van der Waals surface area contributed by atoms with E-state index in [1.54, 1.807) is 24.3 Å². The average molecular weight is 316 g/mol. The first-order valence-electron chi connectivity index (χ1n) is 8.44. The molecule has 1 aromatic rings. The summed E-state index contributed by atoms with van der Waals surface area (Å²) in [5.41, 5.74) is 1.27. The zero-order chi connectivity index (χ0) is 15.9. The maximum Gasteiger partial charge on any atom is 0.168 e. The van der Waals surface area contributed by atoms with E-state index in [4.69, 9.17) is 9.47 Å². The number of carbonyl (C=O) groups is 1. The summed E-state index contributed by atoms with van der Waals surface area (Å²) in [6.07, 6.45) is 5.80. The van der Waals surface area contributed by atoms with Crippen molar-refractivity contribution in [2.45, 2.75) is 37.9 Å². The number of fused-ring (bicyclic) bond motifs is 1. The molecule has 4 heteroatoms. The molecule has 2 atom stereocenters. The maximum absolute atomic E-state index is 13.8. The van der Waals surface area contributed by atoms with Gasteiger partial charge in [0.15, 0.2) is 11.6 Å². The van der Waals surface area contributed by atoms with Crippen molar-refractivity contribution in [2.75, 3.05) is 13.2 Å². The third kappa shape index (κ3) is 2.74. The van der Waals surface area contributed by atoms with Crippen molar-refractivity contribution in [3.63, 3.8) is 0 Å². The van der Waals surface area contributed by atoms with E-state index in [2.05, 4.69) is 0 Å². The van der Waals surface area contributed by atoms with Crippen molar-refractivity contribution in [1.82, 2.24) is 0 Å². The number of benzene rings is 1. The fourth-order valence-electron chi connectivity index (χ4n) is 4.29. The number of halogens is 1. The van der Waals surface area contributed by atoms with Gasteiger partial charge < -0.3 is 9.47 Å². The Bertz CT molecular complexity index is 646. The van der Waals surface area contributed by atoms with Gasteiger partial charge in [-0.15, -0.1) is 0 Å². The molecule has 1 saturated heterocycles. The van der Waals surface area contributed by atoms with Gasteiger partial charge >= 0.3 is 0 Å². The van der Waals surface area contributed by atoms with Crippen LogP contribution in [0.25, 0.3) is 6.08 Å². The van der Waals surface area contributed by atoms with Crippen molar-refractivity contribution in [3.8, 4) is 0 Å². The highest BCUT2D eigenvalue weighted by atomic mass is 19.1. The highest BCUT2D eigenvalue weighted by Crippen LogP contribution is 2.47. The Hall–Kier alpha value is -1.52. The van der Waals surface area contributed by atoms with Crippen LogP contribution in [-0.4, -0.2) is 24.8 Å². The Morgan fingerprint density at radius 2 is 1.96 bits per heavy atom. The summed E-state index contributed by atoms with van der Waals surface area (Å²) in [7, 11) is 0. The predicted octanol–water partition coefficient (Wildman–Crippen LogP) is 3.73. The second-order valence-electron chi connectivity index (χ2n) is 6.81. The summed E-state index contributed by atoms with van der Waals surface area (Å²) in [6.45, 7) is 1.31. The Kier molecular flexibility index (Phi) is 3.82. The highest BCUT2D eigenvalue weighted by molar-refractivity contribution is 6.02. The molecule has 1 aromatic carbocycles. The number of ketones is 1. The molecule has 0 amide bonds. The number of hydrogen-bond acceptors (Lipinski definition) is 3. The van der Waals surface area contributed by atoms with E-state index < -0.39 is 5.79 Å². The monoisotopic (exact) mass is 316 g/mol. The molecule has 1 aliphatic heterocycles. The van der Waals surface area contributed by atoms with Crippen LogP contribution < -0.4 is 0 Å². The molecular weight excluding hydrogens is 295 g/mol. The van der Waals surface area contributed by atoms with E-state index in [0.717, 1.165) is 31.3 Å². The van der Waals surface area contributed by atoms with Crippen LogP contribution in [-0.2, 0) is 14.3 Å². The summed E-state index contributed by atoms with van der Waals surface area (Å²) < 4.78 is 25.4. The van der Waals surface area contributed by atoms with Crippen LogP contribution in [0.2, 0.25) is 0 Å². The molecule has 3 aliphatic rings. The fraction of sp³-hybridized carbons (Fsp3) is 0.526.